The molecule has 0 radical (unpaired) electrons. The lowest BCUT2D eigenvalue weighted by Crippen LogP contribution is -2.32. The van der Waals surface area contributed by atoms with E-state index in [-0.39, 0.29) is 11.5 Å². The number of rotatable bonds is 8. The maximum Gasteiger partial charge on any atom is 0.335 e. The highest BCUT2D eigenvalue weighted by molar-refractivity contribution is 6.34. The molecule has 0 aliphatic rings. The summed E-state index contributed by atoms with van der Waals surface area (Å²) in [5, 5.41) is 12.6. The summed E-state index contributed by atoms with van der Waals surface area (Å²) in [6, 6.07) is 11.6. The first kappa shape index (κ1) is 21.8. The highest BCUT2D eigenvalue weighted by Crippen LogP contribution is 2.30. The van der Waals surface area contributed by atoms with E-state index in [1.807, 2.05) is 0 Å². The van der Waals surface area contributed by atoms with Crippen molar-refractivity contribution < 1.29 is 14.7 Å². The van der Waals surface area contributed by atoms with Gasteiger partial charge in [-0.05, 0) is 42.2 Å². The summed E-state index contributed by atoms with van der Waals surface area (Å²) in [4.78, 5) is 26.4. The van der Waals surface area contributed by atoms with Gasteiger partial charge in [-0.2, -0.15) is 0 Å². The Morgan fingerprint density at radius 3 is 2.18 bits per heavy atom. The number of carboxylic acid groups (broad SMARTS) is 1. The van der Waals surface area contributed by atoms with Gasteiger partial charge in [-0.1, -0.05) is 51.4 Å². The second-order valence-corrected chi connectivity index (χ2v) is 8.07. The molecule has 0 heterocycles. The first-order valence-corrected chi connectivity index (χ1v) is 9.75. The molecule has 28 heavy (non-hydrogen) atoms. The maximum atomic E-state index is 12.8. The van der Waals surface area contributed by atoms with Crippen LogP contribution in [0.1, 0.15) is 48.4 Å². The molecule has 0 aliphatic heterocycles. The summed E-state index contributed by atoms with van der Waals surface area (Å²) in [5.41, 5.74) is 1.72. The van der Waals surface area contributed by atoms with E-state index in [2.05, 4.69) is 37.9 Å². The van der Waals surface area contributed by atoms with Gasteiger partial charge in [0.2, 0.25) is 0 Å². The number of amides is 1. The zero-order valence-electron chi connectivity index (χ0n) is 16.7. The van der Waals surface area contributed by atoms with Crippen molar-refractivity contribution in [2.75, 3.05) is 23.3 Å². The first-order chi connectivity index (χ1) is 13.2. The number of nitrogens with zero attached hydrogens (tertiary/aromatic N) is 1. The average Bonchev–Trinajstić information content (AvgIpc) is 2.60. The molecule has 150 valence electrons. The number of hydrogen-bond donors (Lipinski definition) is 2. The van der Waals surface area contributed by atoms with Crippen molar-refractivity contribution in [3.05, 3.63) is 58.6 Å². The second kappa shape index (κ2) is 9.60. The Balaban J connectivity index is 2.46. The molecule has 2 aromatic carbocycles. The summed E-state index contributed by atoms with van der Waals surface area (Å²) in [5.74, 6) is -0.600. The summed E-state index contributed by atoms with van der Waals surface area (Å²) in [6.45, 7) is 10.1. The average molecular weight is 403 g/mol. The summed E-state index contributed by atoms with van der Waals surface area (Å²) in [6.07, 6.45) is 0. The van der Waals surface area contributed by atoms with Crippen LogP contribution >= 0.6 is 11.6 Å². The minimum atomic E-state index is -1.04. The Hall–Kier alpha value is -2.53. The van der Waals surface area contributed by atoms with Crippen LogP contribution in [-0.4, -0.2) is 30.1 Å². The normalized spacial score (nSPS) is 11.0. The maximum absolute atomic E-state index is 12.8. The van der Waals surface area contributed by atoms with Crippen molar-refractivity contribution in [3.63, 3.8) is 0 Å². The van der Waals surface area contributed by atoms with E-state index >= 15 is 0 Å². The molecule has 5 nitrogen and oxygen atoms in total. The summed E-state index contributed by atoms with van der Waals surface area (Å²) < 4.78 is 0. The summed E-state index contributed by atoms with van der Waals surface area (Å²) >= 11 is 6.14. The number of benzene rings is 2. The van der Waals surface area contributed by atoms with E-state index in [4.69, 9.17) is 11.6 Å². The molecule has 1 amide bonds. The fraction of sp³-hybridized carbons (Fsp3) is 0.364. The molecule has 0 fully saturated rings. The lowest BCUT2D eigenvalue weighted by molar-refractivity contribution is 0.0696. The van der Waals surface area contributed by atoms with Gasteiger partial charge in [-0.25, -0.2) is 4.79 Å². The lowest BCUT2D eigenvalue weighted by atomic mass is 10.1. The van der Waals surface area contributed by atoms with Gasteiger partial charge in [-0.15, -0.1) is 0 Å². The predicted molar refractivity (Wildman–Crippen MR) is 115 cm³/mol. The van der Waals surface area contributed by atoms with Gasteiger partial charge < -0.3 is 15.3 Å². The number of carboxylic acids is 1. The molecule has 0 atom stereocenters. The van der Waals surface area contributed by atoms with Gasteiger partial charge in [0.1, 0.15) is 0 Å². The van der Waals surface area contributed by atoms with E-state index in [1.165, 1.54) is 6.07 Å². The van der Waals surface area contributed by atoms with E-state index in [9.17, 15) is 14.7 Å². The molecule has 0 aromatic heterocycles. The first-order valence-electron chi connectivity index (χ1n) is 9.37. The monoisotopic (exact) mass is 402 g/mol. The van der Waals surface area contributed by atoms with Crippen molar-refractivity contribution in [2.24, 2.45) is 11.8 Å². The van der Waals surface area contributed by atoms with Crippen LogP contribution < -0.4 is 10.2 Å². The highest BCUT2D eigenvalue weighted by atomic mass is 35.5. The zero-order valence-corrected chi connectivity index (χ0v) is 17.5. The Morgan fingerprint density at radius 2 is 1.64 bits per heavy atom. The van der Waals surface area contributed by atoms with Gasteiger partial charge in [0.15, 0.2) is 0 Å². The van der Waals surface area contributed by atoms with Crippen molar-refractivity contribution in [3.8, 4) is 0 Å². The van der Waals surface area contributed by atoms with Crippen LogP contribution in [0, 0.1) is 11.8 Å². The molecule has 0 unspecified atom stereocenters. The molecule has 0 saturated carbocycles. The smallest absolute Gasteiger partial charge is 0.335 e. The molecule has 0 spiro atoms. The van der Waals surface area contributed by atoms with Gasteiger partial charge >= 0.3 is 5.97 Å². The van der Waals surface area contributed by atoms with Crippen LogP contribution in [0.2, 0.25) is 5.02 Å². The molecule has 6 heteroatoms. The number of nitrogens with one attached hydrogen (secondary N) is 1. The Labute approximate surface area is 171 Å². The van der Waals surface area contributed by atoms with E-state index in [0.29, 0.717) is 28.1 Å². The third-order valence-electron chi connectivity index (χ3n) is 4.12. The van der Waals surface area contributed by atoms with Crippen molar-refractivity contribution in [1.29, 1.82) is 0 Å². The zero-order chi connectivity index (χ0) is 20.8. The van der Waals surface area contributed by atoms with Gasteiger partial charge in [0.25, 0.3) is 5.91 Å². The fourth-order valence-electron chi connectivity index (χ4n) is 3.03. The third kappa shape index (κ3) is 5.73. The van der Waals surface area contributed by atoms with E-state index in [0.717, 1.165) is 18.8 Å². The van der Waals surface area contributed by atoms with Crippen LogP contribution in [0.4, 0.5) is 11.4 Å². The predicted octanol–water partition coefficient (Wildman–Crippen LogP) is 5.41. The molecule has 0 bridgehead atoms. The number of aromatic carboxylic acids is 1. The van der Waals surface area contributed by atoms with Crippen molar-refractivity contribution >= 4 is 34.9 Å². The Morgan fingerprint density at radius 1 is 1.04 bits per heavy atom. The fourth-order valence-corrected chi connectivity index (χ4v) is 3.25. The summed E-state index contributed by atoms with van der Waals surface area (Å²) in [7, 11) is 0. The Bertz CT molecular complexity index is 839. The second-order valence-electron chi connectivity index (χ2n) is 7.66. The molecule has 0 aliphatic carbocycles. The van der Waals surface area contributed by atoms with E-state index < -0.39 is 5.97 Å². The molecule has 2 rings (SSSR count). The quantitative estimate of drug-likeness (QED) is 0.619. The van der Waals surface area contributed by atoms with Crippen LogP contribution in [0.3, 0.4) is 0 Å². The van der Waals surface area contributed by atoms with Gasteiger partial charge in [0, 0.05) is 13.1 Å². The van der Waals surface area contributed by atoms with Crippen LogP contribution in [0.5, 0.6) is 0 Å². The van der Waals surface area contributed by atoms with Gasteiger partial charge in [-0.3, -0.25) is 4.79 Å². The van der Waals surface area contributed by atoms with Gasteiger partial charge in [0.05, 0.1) is 27.5 Å². The Kier molecular flexibility index (Phi) is 7.46. The topological polar surface area (TPSA) is 69.6 Å². The lowest BCUT2D eigenvalue weighted by Gasteiger charge is -2.30. The SMILES string of the molecule is CC(C)CN(CC(C)C)c1ccc(C(=O)O)cc1NC(=O)c1ccccc1Cl. The molecular weight excluding hydrogens is 376 g/mol. The van der Waals surface area contributed by atoms with Crippen molar-refractivity contribution in [1.82, 2.24) is 0 Å². The number of carbonyl (C=O) groups excluding carboxylic acids is 1. The van der Waals surface area contributed by atoms with E-state index in [1.54, 1.807) is 36.4 Å². The number of anilines is 2. The van der Waals surface area contributed by atoms with Crippen molar-refractivity contribution in [2.45, 2.75) is 27.7 Å². The highest BCUT2D eigenvalue weighted by Gasteiger charge is 2.19. The van der Waals surface area contributed by atoms with Crippen LogP contribution in [-0.2, 0) is 0 Å². The molecule has 2 N–H and O–H groups in total. The minimum Gasteiger partial charge on any atom is -0.478 e. The minimum absolute atomic E-state index is 0.118. The van der Waals surface area contributed by atoms with Crippen LogP contribution in [0.25, 0.3) is 0 Å². The third-order valence-corrected chi connectivity index (χ3v) is 4.45. The van der Waals surface area contributed by atoms with Crippen LogP contribution in [0.15, 0.2) is 42.5 Å². The number of carbonyl (C=O) groups is 2. The molecule has 0 saturated heterocycles. The molecule has 2 aromatic rings. The standard InChI is InChI=1S/C22H27ClN2O3/c1-14(2)12-25(13-15(3)4)20-10-9-16(22(27)28)11-19(20)24-21(26)17-7-5-6-8-18(17)23/h5-11,14-15H,12-13H2,1-4H3,(H,24,26)(H,27,28). The largest absolute Gasteiger partial charge is 0.478 e. The molecular formula is C22H27ClN2O3. The number of hydrogen-bond acceptors (Lipinski definition) is 3. The number of halogens is 1.